The molecule has 0 amide bonds. The van der Waals surface area contributed by atoms with Crippen molar-refractivity contribution >= 4 is 43.5 Å². The minimum Gasteiger partial charge on any atom is -0.457 e. The minimum atomic E-state index is -3.92. The van der Waals surface area contributed by atoms with Crippen molar-refractivity contribution in [3.8, 4) is 0 Å². The average molecular weight is 405 g/mol. The molecule has 22 heavy (non-hydrogen) atoms. The second-order valence-corrected chi connectivity index (χ2v) is 7.18. The molecule has 0 atom stereocenters. The van der Waals surface area contributed by atoms with Crippen LogP contribution in [0.2, 0.25) is 5.02 Å². The molecular weight excluding hydrogens is 394 g/mol. The molecular formula is C14H11BrClNO4S. The molecule has 0 aliphatic heterocycles. The van der Waals surface area contributed by atoms with Crippen molar-refractivity contribution in [3.05, 3.63) is 63.1 Å². The van der Waals surface area contributed by atoms with E-state index in [2.05, 4.69) is 15.9 Å². The summed E-state index contributed by atoms with van der Waals surface area (Å²) in [5, 5.41) is 5.12. The fourth-order valence-corrected chi connectivity index (χ4v) is 2.81. The zero-order valence-corrected chi connectivity index (χ0v) is 14.3. The number of hydrogen-bond donors (Lipinski definition) is 1. The maximum absolute atomic E-state index is 12.1. The van der Waals surface area contributed by atoms with Crippen LogP contribution in [0, 0.1) is 0 Å². The first-order valence-electron chi connectivity index (χ1n) is 6.02. The average Bonchev–Trinajstić information content (AvgIpc) is 2.45. The number of carbonyl (C=O) groups excluding carboxylic acids is 1. The summed E-state index contributed by atoms with van der Waals surface area (Å²) < 4.78 is 28.6. The highest BCUT2D eigenvalue weighted by molar-refractivity contribution is 9.10. The van der Waals surface area contributed by atoms with Crippen LogP contribution in [0.5, 0.6) is 0 Å². The number of carbonyl (C=O) groups is 1. The number of rotatable bonds is 4. The monoisotopic (exact) mass is 403 g/mol. The molecule has 0 spiro atoms. The van der Waals surface area contributed by atoms with Crippen LogP contribution in [0.25, 0.3) is 0 Å². The Kier molecular flexibility index (Phi) is 5.23. The van der Waals surface area contributed by atoms with Gasteiger partial charge in [-0.2, -0.15) is 0 Å². The Morgan fingerprint density at radius 3 is 2.55 bits per heavy atom. The van der Waals surface area contributed by atoms with Crippen molar-refractivity contribution in [2.45, 2.75) is 11.5 Å². The maximum Gasteiger partial charge on any atom is 0.340 e. The zero-order chi connectivity index (χ0) is 16.3. The standard InChI is InChI=1S/C14H11BrClNO4S/c15-12-4-2-1-3-9(12)8-21-14(18)11-7-10(22(17,19)20)5-6-13(11)16/h1-7H,8H2,(H2,17,19,20). The maximum atomic E-state index is 12.1. The zero-order valence-electron chi connectivity index (χ0n) is 11.1. The Balaban J connectivity index is 2.21. The molecule has 0 bridgehead atoms. The Morgan fingerprint density at radius 1 is 1.23 bits per heavy atom. The van der Waals surface area contributed by atoms with Crippen molar-refractivity contribution in [2.75, 3.05) is 0 Å². The molecule has 0 unspecified atom stereocenters. The lowest BCUT2D eigenvalue weighted by Crippen LogP contribution is -2.14. The van der Waals surface area contributed by atoms with Gasteiger partial charge in [0.15, 0.2) is 0 Å². The molecule has 0 saturated carbocycles. The molecule has 0 aromatic heterocycles. The van der Waals surface area contributed by atoms with Gasteiger partial charge >= 0.3 is 5.97 Å². The molecule has 0 saturated heterocycles. The van der Waals surface area contributed by atoms with E-state index in [4.69, 9.17) is 21.5 Å². The van der Waals surface area contributed by atoms with E-state index in [-0.39, 0.29) is 22.1 Å². The molecule has 2 N–H and O–H groups in total. The van der Waals surface area contributed by atoms with Gasteiger partial charge in [-0.05, 0) is 24.3 Å². The third-order valence-electron chi connectivity index (χ3n) is 2.80. The second kappa shape index (κ2) is 6.78. The number of sulfonamides is 1. The molecule has 8 heteroatoms. The van der Waals surface area contributed by atoms with Gasteiger partial charge in [-0.15, -0.1) is 0 Å². The topological polar surface area (TPSA) is 86.5 Å². The molecule has 5 nitrogen and oxygen atoms in total. The lowest BCUT2D eigenvalue weighted by molar-refractivity contribution is 0.0472. The van der Waals surface area contributed by atoms with Crippen molar-refractivity contribution in [1.29, 1.82) is 0 Å². The van der Waals surface area contributed by atoms with Crippen LogP contribution in [0.1, 0.15) is 15.9 Å². The molecule has 2 aromatic rings. The molecule has 0 heterocycles. The third-order valence-corrected chi connectivity index (χ3v) is 4.82. The molecule has 0 aliphatic rings. The Bertz CT molecular complexity index is 823. The quantitative estimate of drug-likeness (QED) is 0.793. The van der Waals surface area contributed by atoms with Crippen LogP contribution in [0.15, 0.2) is 51.8 Å². The summed E-state index contributed by atoms with van der Waals surface area (Å²) in [4.78, 5) is 11.9. The predicted molar refractivity (Wildman–Crippen MR) is 86.1 cm³/mol. The van der Waals surface area contributed by atoms with E-state index in [1.807, 2.05) is 18.2 Å². The van der Waals surface area contributed by atoms with E-state index in [0.717, 1.165) is 16.1 Å². The van der Waals surface area contributed by atoms with Gasteiger partial charge < -0.3 is 4.74 Å². The lowest BCUT2D eigenvalue weighted by Gasteiger charge is -2.09. The van der Waals surface area contributed by atoms with Crippen molar-refractivity contribution in [3.63, 3.8) is 0 Å². The van der Waals surface area contributed by atoms with E-state index in [9.17, 15) is 13.2 Å². The molecule has 0 radical (unpaired) electrons. The smallest absolute Gasteiger partial charge is 0.340 e. The van der Waals surface area contributed by atoms with Crippen LogP contribution in [-0.2, 0) is 21.4 Å². The van der Waals surface area contributed by atoms with Gasteiger partial charge in [0.2, 0.25) is 10.0 Å². The fraction of sp³-hybridized carbons (Fsp3) is 0.0714. The summed E-state index contributed by atoms with van der Waals surface area (Å²) >= 11 is 9.25. The van der Waals surface area contributed by atoms with Crippen LogP contribution in [-0.4, -0.2) is 14.4 Å². The highest BCUT2D eigenvalue weighted by Gasteiger charge is 2.17. The van der Waals surface area contributed by atoms with Crippen molar-refractivity contribution in [1.82, 2.24) is 0 Å². The molecule has 116 valence electrons. The molecule has 2 rings (SSSR count). The number of esters is 1. The van der Waals surface area contributed by atoms with Gasteiger partial charge in [-0.3, -0.25) is 0 Å². The van der Waals surface area contributed by atoms with E-state index < -0.39 is 16.0 Å². The van der Waals surface area contributed by atoms with Crippen molar-refractivity contribution < 1.29 is 17.9 Å². The predicted octanol–water partition coefficient (Wildman–Crippen LogP) is 3.11. The summed E-state index contributed by atoms with van der Waals surface area (Å²) in [6, 6.07) is 10.9. The molecule has 0 aliphatic carbocycles. The summed E-state index contributed by atoms with van der Waals surface area (Å²) in [6.45, 7) is 0.0240. The first-order valence-corrected chi connectivity index (χ1v) is 8.73. The van der Waals surface area contributed by atoms with Crippen LogP contribution < -0.4 is 5.14 Å². The summed E-state index contributed by atoms with van der Waals surface area (Å²) in [5.74, 6) is -0.730. The molecule has 2 aromatic carbocycles. The number of hydrogen-bond acceptors (Lipinski definition) is 4. The number of primary sulfonamides is 1. The Hall–Kier alpha value is -1.41. The largest absolute Gasteiger partial charge is 0.457 e. The normalized spacial score (nSPS) is 11.2. The Morgan fingerprint density at radius 2 is 1.91 bits per heavy atom. The number of halogens is 2. The first-order chi connectivity index (χ1) is 10.3. The first kappa shape index (κ1) is 17.0. The lowest BCUT2D eigenvalue weighted by atomic mass is 10.2. The summed E-state index contributed by atoms with van der Waals surface area (Å²) in [7, 11) is -3.92. The number of ether oxygens (including phenoxy) is 1. The minimum absolute atomic E-state index is 0.0240. The van der Waals surface area contributed by atoms with Gasteiger partial charge in [0.25, 0.3) is 0 Å². The van der Waals surface area contributed by atoms with Gasteiger partial charge in [0.1, 0.15) is 6.61 Å². The van der Waals surface area contributed by atoms with Crippen LogP contribution in [0.3, 0.4) is 0 Å². The van der Waals surface area contributed by atoms with Crippen LogP contribution >= 0.6 is 27.5 Å². The number of nitrogens with two attached hydrogens (primary N) is 1. The van der Waals surface area contributed by atoms with E-state index in [0.29, 0.717) is 0 Å². The van der Waals surface area contributed by atoms with E-state index in [1.165, 1.54) is 12.1 Å². The van der Waals surface area contributed by atoms with Gasteiger partial charge in [0, 0.05) is 10.0 Å². The summed E-state index contributed by atoms with van der Waals surface area (Å²) in [6.07, 6.45) is 0. The highest BCUT2D eigenvalue weighted by Crippen LogP contribution is 2.22. The molecule has 0 fully saturated rings. The van der Waals surface area contributed by atoms with Crippen molar-refractivity contribution in [2.24, 2.45) is 5.14 Å². The summed E-state index contributed by atoms with van der Waals surface area (Å²) in [5.41, 5.74) is 0.717. The van der Waals surface area contributed by atoms with Crippen LogP contribution in [0.4, 0.5) is 0 Å². The van der Waals surface area contributed by atoms with Gasteiger partial charge in [-0.1, -0.05) is 45.7 Å². The van der Waals surface area contributed by atoms with Gasteiger partial charge in [0.05, 0.1) is 15.5 Å². The number of benzene rings is 2. The SMILES string of the molecule is NS(=O)(=O)c1ccc(Cl)c(C(=O)OCc2ccccc2Br)c1. The van der Waals surface area contributed by atoms with E-state index in [1.54, 1.807) is 6.07 Å². The third kappa shape index (κ3) is 4.07. The van der Waals surface area contributed by atoms with E-state index >= 15 is 0 Å². The fourth-order valence-electron chi connectivity index (χ4n) is 1.67. The Labute approximate surface area is 141 Å². The second-order valence-electron chi connectivity index (χ2n) is 4.35. The van der Waals surface area contributed by atoms with Gasteiger partial charge in [-0.25, -0.2) is 18.4 Å². The highest BCUT2D eigenvalue weighted by atomic mass is 79.9.